The zero-order valence-corrected chi connectivity index (χ0v) is 6.91. The van der Waals surface area contributed by atoms with E-state index in [-0.39, 0.29) is 11.2 Å². The van der Waals surface area contributed by atoms with Crippen LogP contribution in [0.25, 0.3) is 0 Å². The molecule has 0 aromatic carbocycles. The molecule has 1 aliphatic carbocycles. The van der Waals surface area contributed by atoms with Crippen LogP contribution in [0.5, 0.6) is 0 Å². The quantitative estimate of drug-likeness (QED) is 0.624. The SMILES string of the molecule is CC(=O)[C@]12C[C@H]1CN(C(=O)O)C2. The van der Waals surface area contributed by atoms with Gasteiger partial charge in [-0.05, 0) is 19.3 Å². The second-order valence-corrected chi connectivity index (χ2v) is 3.78. The molecule has 1 heterocycles. The molecule has 1 aliphatic heterocycles. The molecule has 2 aliphatic rings. The Bertz CT molecular complexity index is 263. The fourth-order valence-electron chi connectivity index (χ4n) is 2.17. The first kappa shape index (κ1) is 7.58. The van der Waals surface area contributed by atoms with Gasteiger partial charge in [-0.3, -0.25) is 4.79 Å². The second kappa shape index (κ2) is 2.00. The van der Waals surface area contributed by atoms with Gasteiger partial charge in [-0.2, -0.15) is 0 Å². The zero-order chi connectivity index (χ0) is 8.93. The number of fused-ring (bicyclic) bond motifs is 1. The summed E-state index contributed by atoms with van der Waals surface area (Å²) in [6, 6.07) is 0. The lowest BCUT2D eigenvalue weighted by Crippen LogP contribution is -2.31. The van der Waals surface area contributed by atoms with Crippen LogP contribution in [-0.2, 0) is 4.79 Å². The van der Waals surface area contributed by atoms with E-state index in [1.807, 2.05) is 0 Å². The molecule has 12 heavy (non-hydrogen) atoms. The highest BCUT2D eigenvalue weighted by atomic mass is 16.4. The molecule has 0 unspecified atom stereocenters. The van der Waals surface area contributed by atoms with Gasteiger partial charge in [0.05, 0.1) is 5.41 Å². The van der Waals surface area contributed by atoms with Crippen molar-refractivity contribution >= 4 is 11.9 Å². The Morgan fingerprint density at radius 3 is 2.58 bits per heavy atom. The summed E-state index contributed by atoms with van der Waals surface area (Å²) >= 11 is 0. The average Bonchev–Trinajstić information content (AvgIpc) is 2.55. The van der Waals surface area contributed by atoms with Gasteiger partial charge in [0, 0.05) is 13.1 Å². The maximum absolute atomic E-state index is 11.2. The van der Waals surface area contributed by atoms with Crippen molar-refractivity contribution in [3.63, 3.8) is 0 Å². The van der Waals surface area contributed by atoms with Crippen molar-refractivity contribution < 1.29 is 14.7 Å². The van der Waals surface area contributed by atoms with Gasteiger partial charge >= 0.3 is 6.09 Å². The Balaban J connectivity index is 2.10. The molecular weight excluding hydrogens is 158 g/mol. The van der Waals surface area contributed by atoms with Crippen LogP contribution >= 0.6 is 0 Å². The van der Waals surface area contributed by atoms with Gasteiger partial charge in [-0.1, -0.05) is 0 Å². The van der Waals surface area contributed by atoms with Crippen molar-refractivity contribution in [1.29, 1.82) is 0 Å². The number of Topliss-reactive ketones (excluding diaryl/α,β-unsaturated/α-hetero) is 1. The molecule has 4 nitrogen and oxygen atoms in total. The molecule has 0 aromatic heterocycles. The van der Waals surface area contributed by atoms with Gasteiger partial charge in [-0.25, -0.2) is 4.79 Å². The van der Waals surface area contributed by atoms with Crippen molar-refractivity contribution in [3.8, 4) is 0 Å². The highest BCUT2D eigenvalue weighted by Gasteiger charge is 2.63. The summed E-state index contributed by atoms with van der Waals surface area (Å²) < 4.78 is 0. The number of likely N-dealkylation sites (tertiary alicyclic amines) is 1. The van der Waals surface area contributed by atoms with Crippen LogP contribution in [0.1, 0.15) is 13.3 Å². The van der Waals surface area contributed by atoms with Crippen LogP contribution in [0.2, 0.25) is 0 Å². The van der Waals surface area contributed by atoms with Crippen LogP contribution in [0.15, 0.2) is 0 Å². The van der Waals surface area contributed by atoms with Crippen molar-refractivity contribution in [1.82, 2.24) is 4.90 Å². The van der Waals surface area contributed by atoms with E-state index in [1.165, 1.54) is 4.90 Å². The average molecular weight is 169 g/mol. The number of hydrogen-bond donors (Lipinski definition) is 1. The van der Waals surface area contributed by atoms with Gasteiger partial charge < -0.3 is 10.0 Å². The largest absolute Gasteiger partial charge is 0.465 e. The van der Waals surface area contributed by atoms with Crippen molar-refractivity contribution in [2.75, 3.05) is 13.1 Å². The van der Waals surface area contributed by atoms with E-state index in [0.29, 0.717) is 19.0 Å². The number of carboxylic acid groups (broad SMARTS) is 1. The third-order valence-electron chi connectivity index (χ3n) is 3.12. The summed E-state index contributed by atoms with van der Waals surface area (Å²) in [6.07, 6.45) is -0.00521. The number of amides is 1. The van der Waals surface area contributed by atoms with Crippen LogP contribution < -0.4 is 0 Å². The van der Waals surface area contributed by atoms with Crippen molar-refractivity contribution in [2.24, 2.45) is 11.3 Å². The van der Waals surface area contributed by atoms with Crippen LogP contribution in [0.3, 0.4) is 0 Å². The summed E-state index contributed by atoms with van der Waals surface area (Å²) in [5.74, 6) is 0.461. The predicted octanol–water partition coefficient (Wildman–Crippen LogP) is 0.575. The molecule has 0 bridgehead atoms. The Labute approximate surface area is 70.2 Å². The van der Waals surface area contributed by atoms with E-state index in [2.05, 4.69) is 0 Å². The number of ketones is 1. The van der Waals surface area contributed by atoms with E-state index >= 15 is 0 Å². The number of carbonyl (C=O) groups excluding carboxylic acids is 1. The molecule has 2 rings (SSSR count). The summed E-state index contributed by atoms with van der Waals surface area (Å²) in [5, 5.41) is 8.66. The highest BCUT2D eigenvalue weighted by Crippen LogP contribution is 2.58. The van der Waals surface area contributed by atoms with Gasteiger partial charge in [0.15, 0.2) is 0 Å². The first-order chi connectivity index (χ1) is 5.56. The van der Waals surface area contributed by atoms with Crippen LogP contribution in [0.4, 0.5) is 4.79 Å². The molecule has 0 aromatic rings. The molecule has 0 spiro atoms. The lowest BCUT2D eigenvalue weighted by atomic mass is 10.0. The van der Waals surface area contributed by atoms with E-state index in [0.717, 1.165) is 6.42 Å². The van der Waals surface area contributed by atoms with E-state index in [4.69, 9.17) is 5.11 Å². The minimum absolute atomic E-state index is 0.149. The second-order valence-electron chi connectivity index (χ2n) is 3.78. The molecule has 4 heteroatoms. The molecule has 66 valence electrons. The maximum Gasteiger partial charge on any atom is 0.407 e. The number of carbonyl (C=O) groups is 2. The molecule has 2 atom stereocenters. The van der Waals surface area contributed by atoms with Gasteiger partial charge in [0.25, 0.3) is 0 Å². The summed E-state index contributed by atoms with van der Waals surface area (Å²) in [5.41, 5.74) is -0.279. The third kappa shape index (κ3) is 0.777. The topological polar surface area (TPSA) is 57.6 Å². The molecule has 1 saturated heterocycles. The molecular formula is C8H11NO3. The minimum Gasteiger partial charge on any atom is -0.465 e. The Morgan fingerprint density at radius 2 is 2.25 bits per heavy atom. The van der Waals surface area contributed by atoms with E-state index in [9.17, 15) is 9.59 Å². The first-order valence-electron chi connectivity index (χ1n) is 4.05. The highest BCUT2D eigenvalue weighted by molar-refractivity contribution is 5.87. The third-order valence-corrected chi connectivity index (χ3v) is 3.12. The monoisotopic (exact) mass is 169 g/mol. The van der Waals surface area contributed by atoms with Gasteiger partial charge in [-0.15, -0.1) is 0 Å². The van der Waals surface area contributed by atoms with Crippen LogP contribution in [0, 0.1) is 11.3 Å². The Hall–Kier alpha value is -1.06. The fraction of sp³-hybridized carbons (Fsp3) is 0.750. The summed E-state index contributed by atoms with van der Waals surface area (Å²) in [4.78, 5) is 23.0. The van der Waals surface area contributed by atoms with Crippen LogP contribution in [-0.4, -0.2) is 35.0 Å². The number of piperidine rings is 1. The molecule has 2 fully saturated rings. The maximum atomic E-state index is 11.2. The van der Waals surface area contributed by atoms with E-state index in [1.54, 1.807) is 6.92 Å². The predicted molar refractivity (Wildman–Crippen MR) is 40.8 cm³/mol. The smallest absolute Gasteiger partial charge is 0.407 e. The van der Waals surface area contributed by atoms with Gasteiger partial charge in [0.2, 0.25) is 0 Å². The lowest BCUT2D eigenvalue weighted by Gasteiger charge is -2.15. The molecule has 1 amide bonds. The number of nitrogens with zero attached hydrogens (tertiary/aromatic N) is 1. The molecule has 1 saturated carbocycles. The fourth-order valence-corrected chi connectivity index (χ4v) is 2.17. The van der Waals surface area contributed by atoms with E-state index < -0.39 is 6.09 Å². The lowest BCUT2D eigenvalue weighted by molar-refractivity contribution is -0.122. The Kier molecular flexibility index (Phi) is 1.26. The number of hydrogen-bond acceptors (Lipinski definition) is 2. The normalized spacial score (nSPS) is 37.8. The summed E-state index contributed by atoms with van der Waals surface area (Å²) in [7, 11) is 0. The number of rotatable bonds is 1. The molecule has 1 N–H and O–H groups in total. The zero-order valence-electron chi connectivity index (χ0n) is 6.91. The standard InChI is InChI=1S/C8H11NO3/c1-5(10)8-2-6(8)3-9(4-8)7(11)12/h6H,2-4H2,1H3,(H,11,12)/t6-,8+/m0/s1. The first-order valence-corrected chi connectivity index (χ1v) is 4.05. The summed E-state index contributed by atoms with van der Waals surface area (Å²) in [6.45, 7) is 2.53. The van der Waals surface area contributed by atoms with Crippen molar-refractivity contribution in [2.45, 2.75) is 13.3 Å². The van der Waals surface area contributed by atoms with Gasteiger partial charge in [0.1, 0.15) is 5.78 Å². The minimum atomic E-state index is -0.900. The van der Waals surface area contributed by atoms with Crippen molar-refractivity contribution in [3.05, 3.63) is 0 Å². The Morgan fingerprint density at radius 1 is 1.58 bits per heavy atom. The molecule has 0 radical (unpaired) electrons.